The fraction of sp³-hybridized carbons (Fsp3) is 0.500. The zero-order chi connectivity index (χ0) is 13.3. The summed E-state index contributed by atoms with van der Waals surface area (Å²) in [6.07, 6.45) is 0.953. The van der Waals surface area contributed by atoms with Gasteiger partial charge in [-0.3, -0.25) is 0 Å². The second-order valence-electron chi connectivity index (χ2n) is 4.51. The van der Waals surface area contributed by atoms with Crippen LogP contribution in [0.2, 0.25) is 5.02 Å². The molecule has 1 aliphatic rings. The standard InChI is InChI=1S/C14H17ClO3/c1-4-17-14(16)11-6-5-10-9(3)13(15)8(2)7-12(10)18-11/h7,11H,4-6H2,1-3H3. The Morgan fingerprint density at radius 1 is 1.56 bits per heavy atom. The van der Waals surface area contributed by atoms with Gasteiger partial charge < -0.3 is 9.47 Å². The second kappa shape index (κ2) is 5.19. The highest BCUT2D eigenvalue weighted by Crippen LogP contribution is 2.36. The summed E-state index contributed by atoms with van der Waals surface area (Å²) in [5.41, 5.74) is 3.12. The van der Waals surface area contributed by atoms with Crippen LogP contribution in [0.5, 0.6) is 5.75 Å². The fourth-order valence-electron chi connectivity index (χ4n) is 2.26. The molecule has 0 saturated heterocycles. The topological polar surface area (TPSA) is 35.5 Å². The molecule has 0 aromatic heterocycles. The molecule has 0 bridgehead atoms. The van der Waals surface area contributed by atoms with Gasteiger partial charge in [-0.25, -0.2) is 4.79 Å². The van der Waals surface area contributed by atoms with E-state index in [2.05, 4.69) is 0 Å². The molecule has 2 rings (SSSR count). The first-order chi connectivity index (χ1) is 8.54. The molecule has 0 amide bonds. The number of fused-ring (bicyclic) bond motifs is 1. The van der Waals surface area contributed by atoms with Crippen LogP contribution < -0.4 is 4.74 Å². The Morgan fingerprint density at radius 2 is 2.28 bits per heavy atom. The van der Waals surface area contributed by atoms with Gasteiger partial charge in [-0.15, -0.1) is 0 Å². The molecule has 1 atom stereocenters. The molecule has 4 heteroatoms. The smallest absolute Gasteiger partial charge is 0.347 e. The summed E-state index contributed by atoms with van der Waals surface area (Å²) in [4.78, 5) is 11.7. The molecule has 0 fully saturated rings. The third kappa shape index (κ3) is 2.32. The number of esters is 1. The number of hydrogen-bond donors (Lipinski definition) is 0. The van der Waals surface area contributed by atoms with Crippen molar-refractivity contribution in [2.45, 2.75) is 39.7 Å². The van der Waals surface area contributed by atoms with Crippen molar-refractivity contribution >= 4 is 17.6 Å². The highest BCUT2D eigenvalue weighted by molar-refractivity contribution is 6.32. The van der Waals surface area contributed by atoms with Gasteiger partial charge in [0.1, 0.15) is 5.75 Å². The predicted molar refractivity (Wildman–Crippen MR) is 70.3 cm³/mol. The normalized spacial score (nSPS) is 17.9. The van der Waals surface area contributed by atoms with E-state index >= 15 is 0 Å². The maximum atomic E-state index is 11.7. The number of aryl methyl sites for hydroxylation is 1. The lowest BCUT2D eigenvalue weighted by Gasteiger charge is -2.26. The van der Waals surface area contributed by atoms with Crippen molar-refractivity contribution in [3.63, 3.8) is 0 Å². The van der Waals surface area contributed by atoms with Gasteiger partial charge in [0.15, 0.2) is 6.10 Å². The lowest BCUT2D eigenvalue weighted by Crippen LogP contribution is -2.33. The fourth-order valence-corrected chi connectivity index (χ4v) is 2.43. The monoisotopic (exact) mass is 268 g/mol. The van der Waals surface area contributed by atoms with Crippen molar-refractivity contribution in [3.8, 4) is 5.75 Å². The minimum Gasteiger partial charge on any atom is -0.478 e. The number of carbonyl (C=O) groups is 1. The van der Waals surface area contributed by atoms with Crippen molar-refractivity contribution in [2.24, 2.45) is 0 Å². The van der Waals surface area contributed by atoms with E-state index in [1.54, 1.807) is 6.92 Å². The van der Waals surface area contributed by atoms with Crippen LogP contribution in [0.1, 0.15) is 30.0 Å². The Bertz CT molecular complexity index is 482. The van der Waals surface area contributed by atoms with Crippen LogP contribution in [-0.4, -0.2) is 18.7 Å². The second-order valence-corrected chi connectivity index (χ2v) is 4.88. The molecule has 1 aromatic rings. The molecule has 1 unspecified atom stereocenters. The van der Waals surface area contributed by atoms with Crippen LogP contribution in [0.25, 0.3) is 0 Å². The zero-order valence-corrected chi connectivity index (χ0v) is 11.6. The number of halogens is 1. The Balaban J connectivity index is 2.27. The molecule has 98 valence electrons. The first kappa shape index (κ1) is 13.2. The van der Waals surface area contributed by atoms with Crippen LogP contribution in [0.3, 0.4) is 0 Å². The van der Waals surface area contributed by atoms with Crippen molar-refractivity contribution in [1.29, 1.82) is 0 Å². The van der Waals surface area contributed by atoms with E-state index < -0.39 is 6.10 Å². The third-order valence-corrected chi connectivity index (χ3v) is 3.83. The van der Waals surface area contributed by atoms with E-state index in [1.165, 1.54) is 0 Å². The molecule has 0 saturated carbocycles. The number of carbonyl (C=O) groups excluding carboxylic acids is 1. The molecule has 1 aromatic carbocycles. The van der Waals surface area contributed by atoms with Crippen LogP contribution in [0, 0.1) is 13.8 Å². The number of rotatable bonds is 2. The minimum atomic E-state index is -0.488. The Kier molecular flexibility index (Phi) is 3.81. The minimum absolute atomic E-state index is 0.284. The van der Waals surface area contributed by atoms with Gasteiger partial charge >= 0.3 is 5.97 Å². The van der Waals surface area contributed by atoms with Gasteiger partial charge in [0.2, 0.25) is 0 Å². The number of hydrogen-bond acceptors (Lipinski definition) is 3. The van der Waals surface area contributed by atoms with Crippen LogP contribution in [0.4, 0.5) is 0 Å². The van der Waals surface area contributed by atoms with E-state index in [0.29, 0.717) is 13.0 Å². The molecule has 0 N–H and O–H groups in total. The molecule has 3 nitrogen and oxygen atoms in total. The van der Waals surface area contributed by atoms with E-state index in [0.717, 1.165) is 33.9 Å². The molecular weight excluding hydrogens is 252 g/mol. The molecule has 0 aliphatic carbocycles. The number of ether oxygens (including phenoxy) is 2. The first-order valence-electron chi connectivity index (χ1n) is 6.16. The van der Waals surface area contributed by atoms with Crippen molar-refractivity contribution in [1.82, 2.24) is 0 Å². The van der Waals surface area contributed by atoms with Gasteiger partial charge in [0, 0.05) is 5.02 Å². The largest absolute Gasteiger partial charge is 0.478 e. The first-order valence-corrected chi connectivity index (χ1v) is 6.54. The van der Waals surface area contributed by atoms with Crippen molar-refractivity contribution < 1.29 is 14.3 Å². The third-order valence-electron chi connectivity index (χ3n) is 3.25. The zero-order valence-electron chi connectivity index (χ0n) is 10.9. The quantitative estimate of drug-likeness (QED) is 0.773. The van der Waals surface area contributed by atoms with Gasteiger partial charge in [0.05, 0.1) is 6.61 Å². The van der Waals surface area contributed by atoms with Crippen LogP contribution >= 0.6 is 11.6 Å². The average Bonchev–Trinajstić information content (AvgIpc) is 2.36. The van der Waals surface area contributed by atoms with E-state index in [9.17, 15) is 4.79 Å². The van der Waals surface area contributed by atoms with E-state index in [4.69, 9.17) is 21.1 Å². The van der Waals surface area contributed by atoms with Crippen molar-refractivity contribution in [2.75, 3.05) is 6.61 Å². The summed E-state index contributed by atoms with van der Waals surface area (Å²) in [5.74, 6) is 0.479. The summed E-state index contributed by atoms with van der Waals surface area (Å²) in [6, 6.07) is 1.90. The SMILES string of the molecule is CCOC(=O)C1CCc2c(cc(C)c(Cl)c2C)O1. The van der Waals surface area contributed by atoms with Gasteiger partial charge in [-0.1, -0.05) is 11.6 Å². The van der Waals surface area contributed by atoms with Gasteiger partial charge in [-0.05, 0) is 56.4 Å². The predicted octanol–water partition coefficient (Wildman–Crippen LogP) is 3.21. The summed E-state index contributed by atoms with van der Waals surface area (Å²) in [7, 11) is 0. The lowest BCUT2D eigenvalue weighted by molar-refractivity contribution is -0.152. The molecule has 1 aliphatic heterocycles. The highest BCUT2D eigenvalue weighted by Gasteiger charge is 2.28. The number of benzene rings is 1. The average molecular weight is 269 g/mol. The maximum absolute atomic E-state index is 11.7. The molecule has 18 heavy (non-hydrogen) atoms. The van der Waals surface area contributed by atoms with Gasteiger partial charge in [0.25, 0.3) is 0 Å². The molecular formula is C14H17ClO3. The van der Waals surface area contributed by atoms with Crippen LogP contribution in [-0.2, 0) is 16.0 Å². The highest BCUT2D eigenvalue weighted by atomic mass is 35.5. The Labute approximate surface area is 112 Å². The summed E-state index contributed by atoms with van der Waals surface area (Å²) < 4.78 is 10.7. The Morgan fingerprint density at radius 3 is 2.94 bits per heavy atom. The van der Waals surface area contributed by atoms with E-state index in [-0.39, 0.29) is 5.97 Å². The summed E-state index contributed by atoms with van der Waals surface area (Å²) in [5, 5.41) is 0.784. The molecule has 0 radical (unpaired) electrons. The maximum Gasteiger partial charge on any atom is 0.347 e. The summed E-state index contributed by atoms with van der Waals surface area (Å²) >= 11 is 6.22. The molecule has 0 spiro atoms. The van der Waals surface area contributed by atoms with Crippen molar-refractivity contribution in [3.05, 3.63) is 27.8 Å². The van der Waals surface area contributed by atoms with E-state index in [1.807, 2.05) is 19.9 Å². The summed E-state index contributed by atoms with van der Waals surface area (Å²) in [6.45, 7) is 6.10. The lowest BCUT2D eigenvalue weighted by atomic mass is 9.96. The molecule has 1 heterocycles. The Hall–Kier alpha value is -1.22. The van der Waals surface area contributed by atoms with Crippen LogP contribution in [0.15, 0.2) is 6.07 Å². The van der Waals surface area contributed by atoms with Gasteiger partial charge in [-0.2, -0.15) is 0 Å².